The Morgan fingerprint density at radius 3 is 2.96 bits per heavy atom. The summed E-state index contributed by atoms with van der Waals surface area (Å²) in [5.74, 6) is -0.147. The summed E-state index contributed by atoms with van der Waals surface area (Å²) in [5.41, 5.74) is 7.74. The topological polar surface area (TPSA) is 65.4 Å². The van der Waals surface area contributed by atoms with Gasteiger partial charge in [-0.25, -0.2) is 4.98 Å². The van der Waals surface area contributed by atoms with E-state index in [-0.39, 0.29) is 5.97 Å². The molecule has 0 saturated heterocycles. The number of hydrogen-bond donors (Lipinski definition) is 1. The number of carbonyl (C=O) groups is 1. The zero-order valence-electron chi connectivity index (χ0n) is 15.1. The van der Waals surface area contributed by atoms with E-state index >= 15 is 0 Å². The van der Waals surface area contributed by atoms with Gasteiger partial charge in [0, 0.05) is 30.1 Å². The van der Waals surface area contributed by atoms with E-state index in [1.807, 2.05) is 30.1 Å². The summed E-state index contributed by atoms with van der Waals surface area (Å²) in [6, 6.07) is 8.37. The fourth-order valence-electron chi connectivity index (χ4n) is 3.11. The summed E-state index contributed by atoms with van der Waals surface area (Å²) < 4.78 is 6.96. The molecule has 0 saturated carbocycles. The van der Waals surface area contributed by atoms with Gasteiger partial charge in [-0.15, -0.1) is 0 Å². The number of aromatic nitrogens is 2. The van der Waals surface area contributed by atoms with Crippen LogP contribution in [0.15, 0.2) is 43.0 Å². The summed E-state index contributed by atoms with van der Waals surface area (Å²) in [4.78, 5) is 21.2. The first kappa shape index (κ1) is 18.2. The van der Waals surface area contributed by atoms with Gasteiger partial charge in [0.05, 0.1) is 25.2 Å². The SMILES string of the molecule is CCOC(=O)CCCCONC1=C(n2ccnc2)CCc2ccccc21. The number of ether oxygens (including phenoxy) is 1. The molecule has 1 aliphatic rings. The fourth-order valence-corrected chi connectivity index (χ4v) is 3.11. The van der Waals surface area contributed by atoms with Gasteiger partial charge in [-0.3, -0.25) is 15.1 Å². The van der Waals surface area contributed by atoms with Gasteiger partial charge >= 0.3 is 5.97 Å². The van der Waals surface area contributed by atoms with Gasteiger partial charge in [0.25, 0.3) is 0 Å². The normalized spacial score (nSPS) is 13.4. The molecule has 1 aliphatic carbocycles. The highest BCUT2D eigenvalue weighted by Crippen LogP contribution is 2.32. The maximum Gasteiger partial charge on any atom is 0.305 e. The lowest BCUT2D eigenvalue weighted by Crippen LogP contribution is -2.21. The molecule has 0 unspecified atom stereocenters. The Balaban J connectivity index is 1.60. The lowest BCUT2D eigenvalue weighted by molar-refractivity contribution is -0.143. The quantitative estimate of drug-likeness (QED) is 0.424. The van der Waals surface area contributed by atoms with Crippen molar-refractivity contribution in [3.63, 3.8) is 0 Å². The lowest BCUT2D eigenvalue weighted by Gasteiger charge is -2.24. The summed E-state index contributed by atoms with van der Waals surface area (Å²) in [5, 5.41) is 0. The van der Waals surface area contributed by atoms with Crippen molar-refractivity contribution in [3.8, 4) is 0 Å². The van der Waals surface area contributed by atoms with Gasteiger partial charge in [-0.05, 0) is 38.2 Å². The summed E-state index contributed by atoms with van der Waals surface area (Å²) >= 11 is 0. The molecule has 0 radical (unpaired) electrons. The minimum Gasteiger partial charge on any atom is -0.466 e. The van der Waals surface area contributed by atoms with Crippen LogP contribution in [0.4, 0.5) is 0 Å². The average Bonchev–Trinajstić information content (AvgIpc) is 3.19. The van der Waals surface area contributed by atoms with E-state index in [0.29, 0.717) is 19.6 Å². The Hall–Kier alpha value is -2.60. The van der Waals surface area contributed by atoms with Crippen LogP contribution >= 0.6 is 0 Å². The van der Waals surface area contributed by atoms with E-state index in [2.05, 4.69) is 28.7 Å². The highest BCUT2D eigenvalue weighted by Gasteiger charge is 2.20. The van der Waals surface area contributed by atoms with E-state index < -0.39 is 0 Å². The number of aryl methyl sites for hydroxylation is 1. The molecule has 1 aromatic carbocycles. The van der Waals surface area contributed by atoms with Crippen LogP contribution in [0.2, 0.25) is 0 Å². The minimum absolute atomic E-state index is 0.147. The first-order valence-electron chi connectivity index (χ1n) is 9.12. The highest BCUT2D eigenvalue weighted by molar-refractivity contribution is 5.85. The molecular weight excluding hydrogens is 330 g/mol. The Morgan fingerprint density at radius 2 is 2.15 bits per heavy atom. The van der Waals surface area contributed by atoms with E-state index in [0.717, 1.165) is 42.6 Å². The number of hydroxylamine groups is 1. The second-order valence-corrected chi connectivity index (χ2v) is 6.16. The first-order chi connectivity index (χ1) is 12.8. The smallest absolute Gasteiger partial charge is 0.305 e. The molecule has 1 N–H and O–H groups in total. The molecular formula is C20H25N3O3. The van der Waals surface area contributed by atoms with Crippen LogP contribution in [-0.4, -0.2) is 28.7 Å². The molecule has 3 rings (SSSR count). The van der Waals surface area contributed by atoms with Crippen molar-refractivity contribution in [1.82, 2.24) is 15.0 Å². The lowest BCUT2D eigenvalue weighted by atomic mass is 9.92. The summed E-state index contributed by atoms with van der Waals surface area (Å²) in [6.07, 6.45) is 9.43. The zero-order valence-corrected chi connectivity index (χ0v) is 15.1. The van der Waals surface area contributed by atoms with Gasteiger partial charge in [0.15, 0.2) is 0 Å². The van der Waals surface area contributed by atoms with E-state index in [1.165, 1.54) is 5.56 Å². The largest absolute Gasteiger partial charge is 0.466 e. The highest BCUT2D eigenvalue weighted by atomic mass is 16.6. The molecule has 6 nitrogen and oxygen atoms in total. The average molecular weight is 355 g/mol. The van der Waals surface area contributed by atoms with Gasteiger partial charge < -0.3 is 9.30 Å². The van der Waals surface area contributed by atoms with Crippen molar-refractivity contribution in [2.75, 3.05) is 13.2 Å². The molecule has 0 atom stereocenters. The second kappa shape index (κ2) is 9.20. The zero-order chi connectivity index (χ0) is 18.2. The van der Waals surface area contributed by atoms with Crippen LogP contribution in [0.3, 0.4) is 0 Å². The Labute approximate surface area is 153 Å². The van der Waals surface area contributed by atoms with Gasteiger partial charge in [-0.1, -0.05) is 24.3 Å². The van der Waals surface area contributed by atoms with Crippen molar-refractivity contribution in [2.45, 2.75) is 39.0 Å². The predicted molar refractivity (Wildman–Crippen MR) is 99.7 cm³/mol. The molecule has 0 amide bonds. The molecule has 0 bridgehead atoms. The van der Waals surface area contributed by atoms with Crippen LogP contribution in [0.25, 0.3) is 11.4 Å². The molecule has 1 aromatic heterocycles. The third kappa shape index (κ3) is 4.52. The maximum absolute atomic E-state index is 11.3. The van der Waals surface area contributed by atoms with Crippen LogP contribution in [-0.2, 0) is 20.8 Å². The maximum atomic E-state index is 11.3. The number of imidazole rings is 1. The van der Waals surface area contributed by atoms with Crippen molar-refractivity contribution in [1.29, 1.82) is 0 Å². The number of carbonyl (C=O) groups excluding carboxylic acids is 1. The van der Waals surface area contributed by atoms with E-state index in [9.17, 15) is 4.79 Å². The van der Waals surface area contributed by atoms with Crippen LogP contribution < -0.4 is 5.48 Å². The summed E-state index contributed by atoms with van der Waals surface area (Å²) in [7, 11) is 0. The van der Waals surface area contributed by atoms with Crippen molar-refractivity contribution in [2.24, 2.45) is 0 Å². The monoisotopic (exact) mass is 355 g/mol. The molecule has 1 heterocycles. The minimum atomic E-state index is -0.147. The van der Waals surface area contributed by atoms with Crippen molar-refractivity contribution < 1.29 is 14.4 Å². The molecule has 0 spiro atoms. The number of nitrogens with one attached hydrogen (secondary N) is 1. The first-order valence-corrected chi connectivity index (χ1v) is 9.12. The third-order valence-corrected chi connectivity index (χ3v) is 4.38. The number of unbranched alkanes of at least 4 members (excludes halogenated alkanes) is 1. The number of allylic oxidation sites excluding steroid dienone is 1. The number of hydrogen-bond acceptors (Lipinski definition) is 5. The molecule has 26 heavy (non-hydrogen) atoms. The van der Waals surface area contributed by atoms with Gasteiger partial charge in [-0.2, -0.15) is 0 Å². The van der Waals surface area contributed by atoms with Crippen molar-refractivity contribution in [3.05, 3.63) is 54.1 Å². The molecule has 0 aliphatic heterocycles. The fraction of sp³-hybridized carbons (Fsp3) is 0.400. The molecule has 138 valence electrons. The van der Waals surface area contributed by atoms with Gasteiger partial charge in [0.1, 0.15) is 0 Å². The Kier molecular flexibility index (Phi) is 6.44. The molecule has 6 heteroatoms. The predicted octanol–water partition coefficient (Wildman–Crippen LogP) is 3.41. The van der Waals surface area contributed by atoms with E-state index in [4.69, 9.17) is 9.57 Å². The van der Waals surface area contributed by atoms with Gasteiger partial charge in [0.2, 0.25) is 0 Å². The molecule has 2 aromatic rings. The number of esters is 1. The summed E-state index contributed by atoms with van der Waals surface area (Å²) in [6.45, 7) is 2.78. The number of nitrogens with zero attached hydrogens (tertiary/aromatic N) is 2. The van der Waals surface area contributed by atoms with Crippen molar-refractivity contribution >= 4 is 17.4 Å². The second-order valence-electron chi connectivity index (χ2n) is 6.16. The number of benzene rings is 1. The standard InChI is InChI=1S/C20H25N3O3/c1-2-25-19(24)9-5-6-14-26-22-20-17-8-4-3-7-16(17)10-11-18(20)23-13-12-21-15-23/h3-4,7-8,12-13,15,22H,2,5-6,9-11,14H2,1H3. The number of fused-ring (bicyclic) bond motifs is 1. The Bertz CT molecular complexity index is 753. The third-order valence-electron chi connectivity index (χ3n) is 4.38. The Morgan fingerprint density at radius 1 is 1.27 bits per heavy atom. The van der Waals surface area contributed by atoms with Crippen LogP contribution in [0.1, 0.15) is 43.7 Å². The number of rotatable bonds is 9. The van der Waals surface area contributed by atoms with E-state index in [1.54, 1.807) is 6.20 Å². The van der Waals surface area contributed by atoms with Crippen LogP contribution in [0.5, 0.6) is 0 Å². The van der Waals surface area contributed by atoms with Crippen LogP contribution in [0, 0.1) is 0 Å². The molecule has 0 fully saturated rings.